The molecule has 0 radical (unpaired) electrons. The smallest absolute Gasteiger partial charge is 0.270 e. The molecule has 0 saturated carbocycles. The summed E-state index contributed by atoms with van der Waals surface area (Å²) in [4.78, 5) is 29.4. The number of aryl methyl sites for hydroxylation is 1. The highest BCUT2D eigenvalue weighted by Crippen LogP contribution is 2.24. The molecular weight excluding hydrogens is 254 g/mol. The molecule has 1 saturated heterocycles. The summed E-state index contributed by atoms with van der Waals surface area (Å²) in [6.07, 6.45) is 2.07. The Morgan fingerprint density at radius 1 is 1.40 bits per heavy atom. The van der Waals surface area contributed by atoms with E-state index in [2.05, 4.69) is 10.3 Å². The Kier molecular flexibility index (Phi) is 4.28. The summed E-state index contributed by atoms with van der Waals surface area (Å²) in [5, 5.41) is 3.14. The van der Waals surface area contributed by atoms with E-state index < -0.39 is 0 Å². The fourth-order valence-electron chi connectivity index (χ4n) is 3.19. The van der Waals surface area contributed by atoms with E-state index in [-0.39, 0.29) is 17.7 Å². The normalized spacial score (nSPS) is 18.6. The van der Waals surface area contributed by atoms with Crippen molar-refractivity contribution in [3.63, 3.8) is 0 Å². The number of nitrogens with one attached hydrogen (secondary N) is 2. The van der Waals surface area contributed by atoms with E-state index in [0.717, 1.165) is 37.2 Å². The van der Waals surface area contributed by atoms with Gasteiger partial charge >= 0.3 is 0 Å². The quantitative estimate of drug-likeness (QED) is 0.823. The van der Waals surface area contributed by atoms with E-state index in [9.17, 15) is 9.59 Å². The molecule has 0 aromatic carbocycles. The molecule has 1 atom stereocenters. The van der Waals surface area contributed by atoms with Gasteiger partial charge in [0.05, 0.1) is 0 Å². The zero-order chi connectivity index (χ0) is 14.9. The number of hydrogen-bond acceptors (Lipinski definition) is 3. The molecule has 1 aromatic heterocycles. The molecule has 1 aliphatic heterocycles. The highest BCUT2D eigenvalue weighted by molar-refractivity contribution is 6.02. The van der Waals surface area contributed by atoms with Crippen LogP contribution in [0.3, 0.4) is 0 Å². The van der Waals surface area contributed by atoms with E-state index in [0.29, 0.717) is 11.3 Å². The van der Waals surface area contributed by atoms with Gasteiger partial charge in [0.2, 0.25) is 0 Å². The van der Waals surface area contributed by atoms with Crippen LogP contribution in [0.25, 0.3) is 0 Å². The Morgan fingerprint density at radius 3 is 2.65 bits per heavy atom. The Morgan fingerprint density at radius 2 is 2.10 bits per heavy atom. The van der Waals surface area contributed by atoms with Crippen LogP contribution in [0.4, 0.5) is 0 Å². The molecule has 20 heavy (non-hydrogen) atoms. The van der Waals surface area contributed by atoms with Crippen LogP contribution in [0.5, 0.6) is 0 Å². The number of aromatic amines is 1. The van der Waals surface area contributed by atoms with Crippen molar-refractivity contribution in [3.05, 3.63) is 22.5 Å². The number of nitrogens with zero attached hydrogens (tertiary/aromatic N) is 1. The van der Waals surface area contributed by atoms with Gasteiger partial charge in [-0.3, -0.25) is 9.59 Å². The number of Topliss-reactive ketones (excluding diaryl/α,β-unsaturated/α-hetero) is 1. The third kappa shape index (κ3) is 2.50. The zero-order valence-electron chi connectivity index (χ0n) is 12.7. The van der Waals surface area contributed by atoms with Gasteiger partial charge in [-0.2, -0.15) is 0 Å². The number of likely N-dealkylation sites (N-methyl/N-ethyl adjacent to an activating group) is 1. The van der Waals surface area contributed by atoms with Crippen LogP contribution < -0.4 is 5.32 Å². The molecular formula is C15H23N3O2. The molecule has 0 aliphatic carbocycles. The van der Waals surface area contributed by atoms with E-state index in [4.69, 9.17) is 0 Å². The molecule has 5 nitrogen and oxygen atoms in total. The van der Waals surface area contributed by atoms with Crippen LogP contribution in [0.2, 0.25) is 0 Å². The molecule has 1 aliphatic rings. The number of likely N-dealkylation sites (tertiary alicyclic amines) is 1. The summed E-state index contributed by atoms with van der Waals surface area (Å²) in [6.45, 7) is 6.82. The number of H-pyrrole nitrogens is 1. The summed E-state index contributed by atoms with van der Waals surface area (Å²) in [5.74, 6) is 0.0133. The lowest BCUT2D eigenvalue weighted by atomic mass is 10.1. The van der Waals surface area contributed by atoms with Gasteiger partial charge < -0.3 is 15.2 Å². The van der Waals surface area contributed by atoms with Crippen molar-refractivity contribution in [1.82, 2.24) is 15.2 Å². The maximum absolute atomic E-state index is 12.7. The van der Waals surface area contributed by atoms with Crippen molar-refractivity contribution in [1.29, 1.82) is 0 Å². The number of rotatable bonds is 4. The summed E-state index contributed by atoms with van der Waals surface area (Å²) >= 11 is 0. The van der Waals surface area contributed by atoms with Gasteiger partial charge in [-0.05, 0) is 46.2 Å². The van der Waals surface area contributed by atoms with Crippen LogP contribution in [0, 0.1) is 13.8 Å². The number of ketones is 1. The van der Waals surface area contributed by atoms with Gasteiger partial charge in [0, 0.05) is 30.4 Å². The first-order chi connectivity index (χ1) is 9.47. The largest absolute Gasteiger partial charge is 0.354 e. The van der Waals surface area contributed by atoms with Crippen LogP contribution in [-0.4, -0.2) is 47.8 Å². The van der Waals surface area contributed by atoms with Gasteiger partial charge in [0.15, 0.2) is 5.78 Å². The average molecular weight is 277 g/mol. The molecule has 5 heteroatoms. The topological polar surface area (TPSA) is 65.2 Å². The van der Waals surface area contributed by atoms with Gasteiger partial charge in [0.1, 0.15) is 5.69 Å². The van der Waals surface area contributed by atoms with Crippen molar-refractivity contribution in [3.8, 4) is 0 Å². The highest BCUT2D eigenvalue weighted by atomic mass is 16.2. The van der Waals surface area contributed by atoms with Gasteiger partial charge in [-0.25, -0.2) is 0 Å². The van der Waals surface area contributed by atoms with Crippen molar-refractivity contribution >= 4 is 11.7 Å². The lowest BCUT2D eigenvalue weighted by molar-refractivity contribution is 0.0731. The van der Waals surface area contributed by atoms with Crippen molar-refractivity contribution < 1.29 is 9.59 Å². The summed E-state index contributed by atoms with van der Waals surface area (Å²) in [6, 6.07) is 0.247. The minimum atomic E-state index is 0.00324. The Bertz CT molecular complexity index is 533. The number of hydrogen-bond donors (Lipinski definition) is 2. The van der Waals surface area contributed by atoms with E-state index in [1.165, 1.54) is 6.92 Å². The zero-order valence-corrected chi connectivity index (χ0v) is 12.7. The third-order valence-electron chi connectivity index (χ3n) is 4.08. The van der Waals surface area contributed by atoms with Gasteiger partial charge in [-0.1, -0.05) is 0 Å². The second-order valence-electron chi connectivity index (χ2n) is 5.53. The molecule has 1 amide bonds. The van der Waals surface area contributed by atoms with Crippen LogP contribution >= 0.6 is 0 Å². The van der Waals surface area contributed by atoms with E-state index >= 15 is 0 Å². The van der Waals surface area contributed by atoms with Crippen molar-refractivity contribution in [2.45, 2.75) is 39.7 Å². The van der Waals surface area contributed by atoms with E-state index in [1.807, 2.05) is 25.8 Å². The number of carbonyl (C=O) groups is 2. The molecule has 1 aromatic rings. The van der Waals surface area contributed by atoms with Crippen molar-refractivity contribution in [2.75, 3.05) is 20.1 Å². The minimum absolute atomic E-state index is 0.00324. The minimum Gasteiger partial charge on any atom is -0.354 e. The fourth-order valence-corrected chi connectivity index (χ4v) is 3.19. The van der Waals surface area contributed by atoms with E-state index in [1.54, 1.807) is 0 Å². The second-order valence-corrected chi connectivity index (χ2v) is 5.53. The monoisotopic (exact) mass is 277 g/mol. The lowest BCUT2D eigenvalue weighted by Crippen LogP contribution is -2.41. The van der Waals surface area contributed by atoms with Crippen LogP contribution in [0.1, 0.15) is 51.9 Å². The maximum Gasteiger partial charge on any atom is 0.270 e. The number of aromatic nitrogens is 1. The van der Waals surface area contributed by atoms with Gasteiger partial charge in [0.25, 0.3) is 5.91 Å². The molecule has 2 heterocycles. The first-order valence-electron chi connectivity index (χ1n) is 7.13. The molecule has 1 unspecified atom stereocenters. The third-order valence-corrected chi connectivity index (χ3v) is 4.08. The predicted octanol–water partition coefficient (Wildman–Crippen LogP) is 1.66. The molecule has 0 spiro atoms. The number of carbonyl (C=O) groups excluding carboxylic acids is 2. The first-order valence-corrected chi connectivity index (χ1v) is 7.13. The molecule has 1 fully saturated rings. The second kappa shape index (κ2) is 5.79. The number of amides is 1. The first kappa shape index (κ1) is 14.8. The van der Waals surface area contributed by atoms with Crippen LogP contribution in [-0.2, 0) is 0 Å². The fraction of sp³-hybridized carbons (Fsp3) is 0.600. The molecule has 2 rings (SSSR count). The summed E-state index contributed by atoms with van der Waals surface area (Å²) < 4.78 is 0. The lowest BCUT2D eigenvalue weighted by Gasteiger charge is -2.24. The Balaban J connectivity index is 2.30. The van der Waals surface area contributed by atoms with Crippen molar-refractivity contribution in [2.24, 2.45) is 0 Å². The molecule has 110 valence electrons. The average Bonchev–Trinajstić information content (AvgIpc) is 2.94. The molecule has 0 bridgehead atoms. The highest BCUT2D eigenvalue weighted by Gasteiger charge is 2.31. The van der Waals surface area contributed by atoms with Crippen LogP contribution in [0.15, 0.2) is 0 Å². The maximum atomic E-state index is 12.7. The van der Waals surface area contributed by atoms with Gasteiger partial charge in [-0.15, -0.1) is 0 Å². The molecule has 2 N–H and O–H groups in total. The Labute approximate surface area is 119 Å². The SMILES string of the molecule is CNCC1CCCN1C(=O)c1[nH]c(C)c(C(C)=O)c1C. The summed E-state index contributed by atoms with van der Waals surface area (Å²) in [5.41, 5.74) is 2.77. The predicted molar refractivity (Wildman–Crippen MR) is 78.3 cm³/mol. The summed E-state index contributed by atoms with van der Waals surface area (Å²) in [7, 11) is 1.90. The Hall–Kier alpha value is -1.62. The standard InChI is InChI=1S/C15H23N3O2/c1-9-13(11(3)19)10(2)17-14(9)15(20)18-7-5-6-12(18)8-16-4/h12,16-17H,5-8H2,1-4H3.